The Labute approximate surface area is 125 Å². The van der Waals surface area contributed by atoms with Crippen molar-refractivity contribution in [2.24, 2.45) is 0 Å². The summed E-state index contributed by atoms with van der Waals surface area (Å²) in [5.74, 6) is -0.579. The van der Waals surface area contributed by atoms with Crippen LogP contribution in [-0.2, 0) is 16.1 Å². The van der Waals surface area contributed by atoms with Gasteiger partial charge in [-0.2, -0.15) is 5.10 Å². The highest BCUT2D eigenvalue weighted by molar-refractivity contribution is 6.29. The van der Waals surface area contributed by atoms with E-state index in [4.69, 9.17) is 16.3 Å². The van der Waals surface area contributed by atoms with Crippen molar-refractivity contribution in [3.8, 4) is 0 Å². The zero-order chi connectivity index (χ0) is 15.2. The van der Waals surface area contributed by atoms with Crippen molar-refractivity contribution in [2.45, 2.75) is 13.5 Å². The number of halogens is 1. The van der Waals surface area contributed by atoms with Gasteiger partial charge in [0.2, 0.25) is 5.43 Å². The Hall–Kier alpha value is -2.47. The number of nitrogens with zero attached hydrogens (tertiary/aromatic N) is 2. The van der Waals surface area contributed by atoms with E-state index in [1.54, 1.807) is 25.1 Å². The van der Waals surface area contributed by atoms with Gasteiger partial charge in [0.15, 0.2) is 0 Å². The number of aromatic amines is 1. The van der Waals surface area contributed by atoms with E-state index < -0.39 is 5.97 Å². The Balaban J connectivity index is 1.94. The molecule has 0 aliphatic heterocycles. The lowest BCUT2D eigenvalue weighted by Crippen LogP contribution is -2.15. The Bertz CT molecular complexity index is 740. The van der Waals surface area contributed by atoms with Crippen molar-refractivity contribution in [3.63, 3.8) is 0 Å². The number of ether oxygens (including phenoxy) is 1. The third-order valence-corrected chi connectivity index (χ3v) is 2.72. The van der Waals surface area contributed by atoms with E-state index in [1.807, 2.05) is 0 Å². The molecule has 0 saturated carbocycles. The van der Waals surface area contributed by atoms with Gasteiger partial charge in [-0.1, -0.05) is 11.6 Å². The van der Waals surface area contributed by atoms with E-state index in [-0.39, 0.29) is 17.7 Å². The zero-order valence-corrected chi connectivity index (χ0v) is 11.9. The Morgan fingerprint density at radius 1 is 1.48 bits per heavy atom. The summed E-state index contributed by atoms with van der Waals surface area (Å²) in [5.41, 5.74) is 1.24. The molecule has 6 nitrogen and oxygen atoms in total. The lowest BCUT2D eigenvalue weighted by molar-refractivity contribution is -0.139. The summed E-state index contributed by atoms with van der Waals surface area (Å²) in [5, 5.41) is 6.80. The lowest BCUT2D eigenvalue weighted by atomic mass is 10.2. The zero-order valence-electron chi connectivity index (χ0n) is 11.2. The first-order chi connectivity index (χ1) is 10.0. The van der Waals surface area contributed by atoms with Crippen LogP contribution in [0.2, 0.25) is 5.15 Å². The molecule has 1 N–H and O–H groups in total. The van der Waals surface area contributed by atoms with E-state index in [1.165, 1.54) is 18.3 Å². The van der Waals surface area contributed by atoms with Crippen LogP contribution in [0.1, 0.15) is 17.0 Å². The average molecular weight is 306 g/mol. The third-order valence-electron chi connectivity index (χ3n) is 2.51. The molecule has 2 heterocycles. The molecule has 0 fully saturated rings. The molecule has 0 aliphatic carbocycles. The van der Waals surface area contributed by atoms with E-state index >= 15 is 0 Å². The van der Waals surface area contributed by atoms with Crippen LogP contribution >= 0.6 is 11.6 Å². The van der Waals surface area contributed by atoms with Crippen LogP contribution in [0.4, 0.5) is 0 Å². The molecular formula is C14H12ClN3O3. The van der Waals surface area contributed by atoms with Crippen molar-refractivity contribution in [1.29, 1.82) is 0 Å². The Morgan fingerprint density at radius 2 is 2.29 bits per heavy atom. The number of aryl methyl sites for hydroxylation is 1. The number of carbonyl (C=O) groups is 1. The molecular weight excluding hydrogens is 294 g/mol. The number of hydrogen-bond acceptors (Lipinski definition) is 5. The molecule has 0 aliphatic rings. The van der Waals surface area contributed by atoms with Gasteiger partial charge >= 0.3 is 5.97 Å². The number of rotatable bonds is 4. The predicted octanol–water partition coefficient (Wildman–Crippen LogP) is 1.88. The van der Waals surface area contributed by atoms with Gasteiger partial charge in [0, 0.05) is 24.0 Å². The highest BCUT2D eigenvalue weighted by Crippen LogP contribution is 2.08. The average Bonchev–Trinajstić information content (AvgIpc) is 2.44. The molecule has 0 bridgehead atoms. The summed E-state index contributed by atoms with van der Waals surface area (Å²) < 4.78 is 4.94. The van der Waals surface area contributed by atoms with Gasteiger partial charge in [-0.3, -0.25) is 9.89 Å². The molecule has 0 amide bonds. The van der Waals surface area contributed by atoms with Crippen molar-refractivity contribution in [1.82, 2.24) is 15.2 Å². The molecule has 2 rings (SSSR count). The smallest absolute Gasteiger partial charge is 0.331 e. The van der Waals surface area contributed by atoms with Crippen LogP contribution in [0.5, 0.6) is 0 Å². The normalized spacial score (nSPS) is 10.8. The molecule has 0 unspecified atom stereocenters. The van der Waals surface area contributed by atoms with Crippen LogP contribution < -0.4 is 5.43 Å². The van der Waals surface area contributed by atoms with Crippen molar-refractivity contribution < 1.29 is 9.53 Å². The van der Waals surface area contributed by atoms with Crippen LogP contribution in [0.3, 0.4) is 0 Å². The maximum atomic E-state index is 11.6. The lowest BCUT2D eigenvalue weighted by Gasteiger charge is -2.01. The van der Waals surface area contributed by atoms with E-state index in [9.17, 15) is 9.59 Å². The third kappa shape index (κ3) is 4.54. The number of nitrogens with one attached hydrogen (secondary N) is 1. The highest BCUT2D eigenvalue weighted by Gasteiger charge is 2.05. The molecule has 0 atom stereocenters. The van der Waals surface area contributed by atoms with Gasteiger partial charge in [-0.25, -0.2) is 9.78 Å². The summed E-state index contributed by atoms with van der Waals surface area (Å²) in [6.45, 7) is 1.53. The molecule has 7 heteroatoms. The second-order valence-electron chi connectivity index (χ2n) is 4.21. The van der Waals surface area contributed by atoms with Gasteiger partial charge < -0.3 is 4.74 Å². The topological polar surface area (TPSA) is 84.9 Å². The summed E-state index contributed by atoms with van der Waals surface area (Å²) in [6.07, 6.45) is 4.32. The van der Waals surface area contributed by atoms with Crippen LogP contribution in [0.15, 0.2) is 35.3 Å². The Morgan fingerprint density at radius 3 is 3.00 bits per heavy atom. The number of carbonyl (C=O) groups excluding carboxylic acids is 1. The van der Waals surface area contributed by atoms with Crippen LogP contribution in [0.25, 0.3) is 6.08 Å². The fourth-order valence-corrected chi connectivity index (χ4v) is 1.68. The molecule has 0 aromatic carbocycles. The Kier molecular flexibility index (Phi) is 4.84. The predicted molar refractivity (Wildman–Crippen MR) is 77.7 cm³/mol. The monoisotopic (exact) mass is 305 g/mol. The molecule has 21 heavy (non-hydrogen) atoms. The fraction of sp³-hybridized carbons (Fsp3) is 0.143. The first-order valence-corrected chi connectivity index (χ1v) is 6.44. The number of H-pyrrole nitrogens is 1. The maximum absolute atomic E-state index is 11.6. The highest BCUT2D eigenvalue weighted by atomic mass is 35.5. The van der Waals surface area contributed by atoms with Gasteiger partial charge in [0.05, 0.1) is 0 Å². The quantitative estimate of drug-likeness (QED) is 0.529. The number of hydrogen-bond donors (Lipinski definition) is 1. The van der Waals surface area contributed by atoms with Gasteiger partial charge in [-0.05, 0) is 30.7 Å². The number of esters is 1. The molecule has 0 spiro atoms. The minimum absolute atomic E-state index is 0.148. The summed E-state index contributed by atoms with van der Waals surface area (Å²) in [4.78, 5) is 26.9. The van der Waals surface area contributed by atoms with Gasteiger partial charge in [0.25, 0.3) is 0 Å². The summed E-state index contributed by atoms with van der Waals surface area (Å²) >= 11 is 5.72. The van der Waals surface area contributed by atoms with Gasteiger partial charge in [0.1, 0.15) is 17.5 Å². The number of aromatic nitrogens is 3. The standard InChI is InChI=1S/C14H12ClN3O3/c1-9-6-12(19)11(18-17-9)8-21-14(20)3-2-10-4-5-16-13(15)7-10/h2-7H,8H2,1H3,(H,17,19). The van der Waals surface area contributed by atoms with Crippen molar-refractivity contribution in [2.75, 3.05) is 0 Å². The number of pyridine rings is 1. The SMILES string of the molecule is Cc1cc(=O)c(COC(=O)C=Cc2ccnc(Cl)c2)n[nH]1. The first kappa shape index (κ1) is 14.9. The molecule has 108 valence electrons. The van der Waals surface area contributed by atoms with E-state index in [2.05, 4.69) is 15.2 Å². The maximum Gasteiger partial charge on any atom is 0.331 e. The minimum Gasteiger partial charge on any atom is -0.456 e. The summed E-state index contributed by atoms with van der Waals surface area (Å²) in [7, 11) is 0. The molecule has 0 radical (unpaired) electrons. The fourth-order valence-electron chi connectivity index (χ4n) is 1.50. The van der Waals surface area contributed by atoms with Crippen molar-refractivity contribution >= 4 is 23.6 Å². The van der Waals surface area contributed by atoms with Crippen LogP contribution in [-0.4, -0.2) is 21.2 Å². The van der Waals surface area contributed by atoms with Gasteiger partial charge in [-0.15, -0.1) is 0 Å². The molecule has 0 saturated heterocycles. The molecule has 2 aromatic rings. The van der Waals surface area contributed by atoms with E-state index in [0.717, 1.165) is 5.56 Å². The molecule has 2 aromatic heterocycles. The van der Waals surface area contributed by atoms with Crippen molar-refractivity contribution in [3.05, 3.63) is 62.8 Å². The van der Waals surface area contributed by atoms with Crippen LogP contribution in [0, 0.1) is 6.92 Å². The minimum atomic E-state index is -0.579. The second-order valence-corrected chi connectivity index (χ2v) is 4.60. The largest absolute Gasteiger partial charge is 0.456 e. The van der Waals surface area contributed by atoms with E-state index in [0.29, 0.717) is 10.8 Å². The first-order valence-electron chi connectivity index (χ1n) is 6.06. The summed E-state index contributed by atoms with van der Waals surface area (Å²) in [6, 6.07) is 4.70. The second kappa shape index (κ2) is 6.81.